The van der Waals surface area contributed by atoms with E-state index in [4.69, 9.17) is 0 Å². The second-order valence-electron chi connectivity index (χ2n) is 5.69. The number of ether oxygens (including phenoxy) is 1. The quantitative estimate of drug-likeness (QED) is 0.583. The monoisotopic (exact) mass is 257 g/mol. The number of aliphatic hydroxyl groups is 1. The van der Waals surface area contributed by atoms with Crippen LogP contribution in [0.4, 0.5) is 0 Å². The van der Waals surface area contributed by atoms with Gasteiger partial charge in [-0.1, -0.05) is 25.7 Å². The molecule has 0 aromatic rings. The SMILES string of the molecule is COC(=O)C(C)(O)CN[C@@H](C)C1CCCCCC1. The summed E-state index contributed by atoms with van der Waals surface area (Å²) >= 11 is 0. The first-order chi connectivity index (χ1) is 8.47. The second-order valence-corrected chi connectivity index (χ2v) is 5.69. The third-order valence-corrected chi connectivity index (χ3v) is 4.00. The molecule has 1 aliphatic rings. The van der Waals surface area contributed by atoms with Crippen molar-refractivity contribution in [1.29, 1.82) is 0 Å². The van der Waals surface area contributed by atoms with Crippen LogP contribution in [0.5, 0.6) is 0 Å². The maximum atomic E-state index is 11.4. The van der Waals surface area contributed by atoms with Crippen molar-refractivity contribution >= 4 is 5.97 Å². The summed E-state index contributed by atoms with van der Waals surface area (Å²) < 4.78 is 4.58. The molecule has 4 nitrogen and oxygen atoms in total. The summed E-state index contributed by atoms with van der Waals surface area (Å²) in [6, 6.07) is 0.333. The van der Waals surface area contributed by atoms with Crippen LogP contribution in [0.25, 0.3) is 0 Å². The number of carbonyl (C=O) groups is 1. The molecule has 1 aliphatic carbocycles. The fourth-order valence-electron chi connectivity index (χ4n) is 2.63. The maximum absolute atomic E-state index is 11.4. The van der Waals surface area contributed by atoms with E-state index in [1.54, 1.807) is 0 Å². The number of methoxy groups -OCH3 is 1. The standard InChI is InChI=1S/C14H27NO3/c1-11(12-8-6-4-5-7-9-12)15-10-14(2,17)13(16)18-3/h11-12,15,17H,4-10H2,1-3H3/t11-,14?/m0/s1. The van der Waals surface area contributed by atoms with E-state index in [1.165, 1.54) is 52.6 Å². The molecule has 106 valence electrons. The molecular weight excluding hydrogens is 230 g/mol. The number of hydrogen-bond acceptors (Lipinski definition) is 4. The third kappa shape index (κ3) is 4.58. The molecule has 18 heavy (non-hydrogen) atoms. The summed E-state index contributed by atoms with van der Waals surface area (Å²) in [5.41, 5.74) is -1.44. The van der Waals surface area contributed by atoms with E-state index >= 15 is 0 Å². The Balaban J connectivity index is 2.39. The van der Waals surface area contributed by atoms with Gasteiger partial charge in [-0.25, -0.2) is 4.79 Å². The third-order valence-electron chi connectivity index (χ3n) is 4.00. The van der Waals surface area contributed by atoms with Crippen LogP contribution in [-0.2, 0) is 9.53 Å². The molecule has 0 aromatic carbocycles. The van der Waals surface area contributed by atoms with Crippen molar-refractivity contribution in [1.82, 2.24) is 5.32 Å². The largest absolute Gasteiger partial charge is 0.467 e. The first kappa shape index (κ1) is 15.4. The molecule has 0 radical (unpaired) electrons. The van der Waals surface area contributed by atoms with Crippen LogP contribution in [-0.4, -0.2) is 36.4 Å². The van der Waals surface area contributed by atoms with Gasteiger partial charge in [-0.05, 0) is 32.6 Å². The zero-order valence-corrected chi connectivity index (χ0v) is 11.9. The number of carbonyl (C=O) groups excluding carboxylic acids is 1. The van der Waals surface area contributed by atoms with Crippen molar-refractivity contribution in [2.45, 2.75) is 64.0 Å². The van der Waals surface area contributed by atoms with Gasteiger partial charge in [0.05, 0.1) is 7.11 Å². The molecule has 1 rings (SSSR count). The van der Waals surface area contributed by atoms with Gasteiger partial charge in [-0.15, -0.1) is 0 Å². The number of rotatable bonds is 5. The summed E-state index contributed by atoms with van der Waals surface area (Å²) in [4.78, 5) is 11.4. The average Bonchev–Trinajstić information content (AvgIpc) is 2.63. The van der Waals surface area contributed by atoms with E-state index in [0.717, 1.165) is 0 Å². The fourth-order valence-corrected chi connectivity index (χ4v) is 2.63. The second kappa shape index (κ2) is 7.10. The van der Waals surface area contributed by atoms with Gasteiger partial charge in [-0.3, -0.25) is 0 Å². The summed E-state index contributed by atoms with van der Waals surface area (Å²) in [6.45, 7) is 3.88. The molecule has 0 bridgehead atoms. The first-order valence-corrected chi connectivity index (χ1v) is 7.01. The van der Waals surface area contributed by atoms with Crippen LogP contribution < -0.4 is 5.32 Å². The van der Waals surface area contributed by atoms with Gasteiger partial charge in [-0.2, -0.15) is 0 Å². The van der Waals surface area contributed by atoms with Crippen LogP contribution in [0.15, 0.2) is 0 Å². The lowest BCUT2D eigenvalue weighted by Gasteiger charge is -2.28. The summed E-state index contributed by atoms with van der Waals surface area (Å²) in [7, 11) is 1.30. The van der Waals surface area contributed by atoms with Gasteiger partial charge in [0.25, 0.3) is 0 Å². The van der Waals surface area contributed by atoms with Crippen LogP contribution >= 0.6 is 0 Å². The van der Waals surface area contributed by atoms with Crippen molar-refractivity contribution in [2.24, 2.45) is 5.92 Å². The molecule has 0 aliphatic heterocycles. The lowest BCUT2D eigenvalue weighted by atomic mass is 9.92. The number of hydrogen-bond donors (Lipinski definition) is 2. The van der Waals surface area contributed by atoms with E-state index in [0.29, 0.717) is 12.0 Å². The smallest absolute Gasteiger partial charge is 0.338 e. The zero-order valence-electron chi connectivity index (χ0n) is 11.9. The maximum Gasteiger partial charge on any atom is 0.338 e. The normalized spacial score (nSPS) is 22.9. The molecule has 0 saturated heterocycles. The highest BCUT2D eigenvalue weighted by Crippen LogP contribution is 2.25. The lowest BCUT2D eigenvalue weighted by Crippen LogP contribution is -2.49. The molecule has 4 heteroatoms. The Morgan fingerprint density at radius 2 is 1.94 bits per heavy atom. The van der Waals surface area contributed by atoms with Gasteiger partial charge in [0.1, 0.15) is 0 Å². The van der Waals surface area contributed by atoms with E-state index in [2.05, 4.69) is 17.0 Å². The molecule has 0 amide bonds. The first-order valence-electron chi connectivity index (χ1n) is 7.01. The van der Waals surface area contributed by atoms with Crippen molar-refractivity contribution in [3.63, 3.8) is 0 Å². The molecule has 0 spiro atoms. The molecule has 2 atom stereocenters. The Labute approximate surface area is 110 Å². The Bertz CT molecular complexity index is 258. The van der Waals surface area contributed by atoms with Crippen LogP contribution in [0.2, 0.25) is 0 Å². The summed E-state index contributed by atoms with van der Waals surface area (Å²) in [6.07, 6.45) is 7.75. The average molecular weight is 257 g/mol. The Morgan fingerprint density at radius 1 is 1.39 bits per heavy atom. The molecule has 0 aromatic heterocycles. The summed E-state index contributed by atoms with van der Waals surface area (Å²) in [5.74, 6) is 0.0732. The highest BCUT2D eigenvalue weighted by molar-refractivity contribution is 5.78. The minimum absolute atomic E-state index is 0.247. The predicted molar refractivity (Wildman–Crippen MR) is 71.3 cm³/mol. The van der Waals surface area contributed by atoms with Gasteiger partial charge >= 0.3 is 5.97 Å². The minimum atomic E-state index is -1.44. The van der Waals surface area contributed by atoms with Gasteiger partial charge in [0, 0.05) is 12.6 Å². The molecule has 0 heterocycles. The number of esters is 1. The van der Waals surface area contributed by atoms with Crippen LogP contribution in [0.1, 0.15) is 52.4 Å². The molecule has 1 fully saturated rings. The minimum Gasteiger partial charge on any atom is -0.467 e. The van der Waals surface area contributed by atoms with E-state index in [9.17, 15) is 9.90 Å². The molecular formula is C14H27NO3. The van der Waals surface area contributed by atoms with Crippen molar-refractivity contribution in [3.05, 3.63) is 0 Å². The van der Waals surface area contributed by atoms with Crippen molar-refractivity contribution in [3.8, 4) is 0 Å². The Kier molecular flexibility index (Phi) is 6.09. The highest BCUT2D eigenvalue weighted by atomic mass is 16.5. The lowest BCUT2D eigenvalue weighted by molar-refractivity contribution is -0.160. The molecule has 2 N–H and O–H groups in total. The van der Waals surface area contributed by atoms with E-state index < -0.39 is 11.6 Å². The highest BCUT2D eigenvalue weighted by Gasteiger charge is 2.32. The summed E-state index contributed by atoms with van der Waals surface area (Å²) in [5, 5.41) is 13.2. The van der Waals surface area contributed by atoms with Gasteiger partial charge in [0.15, 0.2) is 5.60 Å². The van der Waals surface area contributed by atoms with Crippen molar-refractivity contribution in [2.75, 3.05) is 13.7 Å². The molecule has 1 unspecified atom stereocenters. The Hall–Kier alpha value is -0.610. The fraction of sp³-hybridized carbons (Fsp3) is 0.929. The van der Waals surface area contributed by atoms with Crippen molar-refractivity contribution < 1.29 is 14.6 Å². The van der Waals surface area contributed by atoms with Gasteiger partial charge < -0.3 is 15.2 Å². The molecule has 1 saturated carbocycles. The van der Waals surface area contributed by atoms with Gasteiger partial charge in [0.2, 0.25) is 0 Å². The number of nitrogens with one attached hydrogen (secondary N) is 1. The van der Waals surface area contributed by atoms with E-state index in [1.807, 2.05) is 0 Å². The topological polar surface area (TPSA) is 58.6 Å². The zero-order chi connectivity index (χ0) is 13.6. The van der Waals surface area contributed by atoms with Crippen LogP contribution in [0, 0.1) is 5.92 Å². The van der Waals surface area contributed by atoms with E-state index in [-0.39, 0.29) is 6.54 Å². The predicted octanol–water partition coefficient (Wildman–Crippen LogP) is 1.86. The Morgan fingerprint density at radius 3 is 2.44 bits per heavy atom. The van der Waals surface area contributed by atoms with Crippen LogP contribution in [0.3, 0.4) is 0 Å².